The van der Waals surface area contributed by atoms with Gasteiger partial charge in [-0.2, -0.15) is 0 Å². The summed E-state index contributed by atoms with van der Waals surface area (Å²) in [5, 5.41) is 3.53. The number of aromatic nitrogens is 1. The zero-order chi connectivity index (χ0) is 14.0. The van der Waals surface area contributed by atoms with Crippen LogP contribution in [-0.2, 0) is 0 Å². The van der Waals surface area contributed by atoms with Gasteiger partial charge in [-0.25, -0.2) is 4.98 Å². The number of pyridine rings is 1. The monoisotopic (exact) mass is 274 g/mol. The maximum Gasteiger partial charge on any atom is 0.248 e. The van der Waals surface area contributed by atoms with Crippen LogP contribution in [0.3, 0.4) is 0 Å². The standard InChI is InChI=1S/C15H22N4O/c16-14(20)12-3-7-18-13(9-12)19-8-2-5-15(11-19)4-1-6-17-10-15/h3,7,9,17H,1-2,4-6,8,10-11H2,(H2,16,20). The van der Waals surface area contributed by atoms with Crippen molar-refractivity contribution in [2.75, 3.05) is 31.1 Å². The molecule has 2 aliphatic rings. The Labute approximate surface area is 119 Å². The summed E-state index contributed by atoms with van der Waals surface area (Å²) in [6.07, 6.45) is 6.68. The van der Waals surface area contributed by atoms with Gasteiger partial charge in [0.2, 0.25) is 5.91 Å². The highest BCUT2D eigenvalue weighted by Crippen LogP contribution is 2.37. The van der Waals surface area contributed by atoms with Crippen LogP contribution in [-0.4, -0.2) is 37.1 Å². The first kappa shape index (κ1) is 13.4. The maximum absolute atomic E-state index is 11.3. The molecule has 5 heteroatoms. The number of rotatable bonds is 2. The van der Waals surface area contributed by atoms with Crippen LogP contribution < -0.4 is 16.0 Å². The number of primary amides is 1. The van der Waals surface area contributed by atoms with Crippen molar-refractivity contribution >= 4 is 11.7 Å². The number of nitrogens with zero attached hydrogens (tertiary/aromatic N) is 2. The van der Waals surface area contributed by atoms with E-state index in [0.717, 1.165) is 32.0 Å². The van der Waals surface area contributed by atoms with Crippen molar-refractivity contribution in [1.82, 2.24) is 10.3 Å². The molecule has 1 aromatic heterocycles. The van der Waals surface area contributed by atoms with Crippen molar-refractivity contribution < 1.29 is 4.79 Å². The predicted octanol–water partition coefficient (Wildman–Crippen LogP) is 1.15. The lowest BCUT2D eigenvalue weighted by Gasteiger charge is -2.45. The lowest BCUT2D eigenvalue weighted by molar-refractivity contribution is 0.1000. The smallest absolute Gasteiger partial charge is 0.248 e. The van der Waals surface area contributed by atoms with Crippen molar-refractivity contribution in [3.8, 4) is 0 Å². The first-order chi connectivity index (χ1) is 9.69. The van der Waals surface area contributed by atoms with Gasteiger partial charge in [0.05, 0.1) is 0 Å². The van der Waals surface area contributed by atoms with Crippen LogP contribution in [0.15, 0.2) is 18.3 Å². The van der Waals surface area contributed by atoms with Gasteiger partial charge in [0, 0.05) is 36.8 Å². The Hall–Kier alpha value is -1.62. The average Bonchev–Trinajstić information content (AvgIpc) is 2.48. The van der Waals surface area contributed by atoms with E-state index in [1.165, 1.54) is 25.7 Å². The molecular weight excluding hydrogens is 252 g/mol. The van der Waals surface area contributed by atoms with Gasteiger partial charge in [-0.1, -0.05) is 0 Å². The van der Waals surface area contributed by atoms with Crippen LogP contribution in [0.1, 0.15) is 36.0 Å². The molecule has 0 aliphatic carbocycles. The van der Waals surface area contributed by atoms with Crippen LogP contribution in [0.25, 0.3) is 0 Å². The molecule has 108 valence electrons. The molecule has 0 bridgehead atoms. The van der Waals surface area contributed by atoms with Gasteiger partial charge in [0.1, 0.15) is 5.82 Å². The van der Waals surface area contributed by atoms with E-state index in [1.807, 2.05) is 6.07 Å². The number of carbonyl (C=O) groups excluding carboxylic acids is 1. The molecule has 2 aliphatic heterocycles. The second kappa shape index (κ2) is 5.40. The fraction of sp³-hybridized carbons (Fsp3) is 0.600. The molecule has 20 heavy (non-hydrogen) atoms. The maximum atomic E-state index is 11.3. The van der Waals surface area contributed by atoms with Crippen molar-refractivity contribution in [2.24, 2.45) is 11.1 Å². The Bertz CT molecular complexity index is 491. The van der Waals surface area contributed by atoms with E-state index < -0.39 is 0 Å². The Morgan fingerprint density at radius 1 is 1.40 bits per heavy atom. The Balaban J connectivity index is 1.79. The molecule has 0 aromatic carbocycles. The molecule has 1 unspecified atom stereocenters. The predicted molar refractivity (Wildman–Crippen MR) is 78.7 cm³/mol. The van der Waals surface area contributed by atoms with Gasteiger partial charge in [0.15, 0.2) is 0 Å². The minimum atomic E-state index is -0.389. The second-order valence-corrected chi connectivity index (χ2v) is 6.07. The number of piperidine rings is 2. The van der Waals surface area contributed by atoms with Gasteiger partial charge in [-0.15, -0.1) is 0 Å². The normalized spacial score (nSPS) is 26.7. The highest BCUT2D eigenvalue weighted by atomic mass is 16.1. The molecule has 2 saturated heterocycles. The second-order valence-electron chi connectivity index (χ2n) is 6.07. The lowest BCUT2D eigenvalue weighted by Crippen LogP contribution is -2.51. The van der Waals surface area contributed by atoms with Crippen LogP contribution in [0, 0.1) is 5.41 Å². The molecule has 1 amide bonds. The van der Waals surface area contributed by atoms with Crippen LogP contribution in [0.5, 0.6) is 0 Å². The quantitative estimate of drug-likeness (QED) is 0.848. The molecule has 2 fully saturated rings. The molecule has 3 rings (SSSR count). The average molecular weight is 274 g/mol. The molecule has 3 N–H and O–H groups in total. The van der Waals surface area contributed by atoms with Crippen molar-refractivity contribution in [2.45, 2.75) is 25.7 Å². The fourth-order valence-corrected chi connectivity index (χ4v) is 3.53. The molecule has 0 radical (unpaired) electrons. The number of amides is 1. The Morgan fingerprint density at radius 2 is 2.25 bits per heavy atom. The topological polar surface area (TPSA) is 71.2 Å². The Morgan fingerprint density at radius 3 is 3.00 bits per heavy atom. The third-order valence-corrected chi connectivity index (χ3v) is 4.58. The van der Waals surface area contributed by atoms with Gasteiger partial charge in [-0.3, -0.25) is 4.79 Å². The minimum absolute atomic E-state index is 0.376. The number of nitrogens with two attached hydrogens (primary N) is 1. The molecular formula is C15H22N4O. The third kappa shape index (κ3) is 2.63. The van der Waals surface area contributed by atoms with E-state index in [0.29, 0.717) is 11.0 Å². The fourth-order valence-electron chi connectivity index (χ4n) is 3.53. The van der Waals surface area contributed by atoms with E-state index in [-0.39, 0.29) is 5.91 Å². The largest absolute Gasteiger partial charge is 0.366 e. The summed E-state index contributed by atoms with van der Waals surface area (Å²) in [4.78, 5) is 18.0. The van der Waals surface area contributed by atoms with Crippen molar-refractivity contribution in [3.05, 3.63) is 23.9 Å². The summed E-state index contributed by atoms with van der Waals surface area (Å²) in [7, 11) is 0. The summed E-state index contributed by atoms with van der Waals surface area (Å²) in [5.74, 6) is 0.491. The highest BCUT2D eigenvalue weighted by molar-refractivity contribution is 5.93. The first-order valence-electron chi connectivity index (χ1n) is 7.40. The molecule has 1 aromatic rings. The number of hydrogen-bond acceptors (Lipinski definition) is 4. The summed E-state index contributed by atoms with van der Waals surface area (Å²) >= 11 is 0. The number of hydrogen-bond donors (Lipinski definition) is 2. The van der Waals surface area contributed by atoms with Crippen LogP contribution in [0.4, 0.5) is 5.82 Å². The molecule has 0 saturated carbocycles. The molecule has 3 heterocycles. The minimum Gasteiger partial charge on any atom is -0.366 e. The number of nitrogens with one attached hydrogen (secondary N) is 1. The van der Waals surface area contributed by atoms with E-state index in [9.17, 15) is 4.79 Å². The molecule has 1 spiro atoms. The van der Waals surface area contributed by atoms with Gasteiger partial charge >= 0.3 is 0 Å². The van der Waals surface area contributed by atoms with Gasteiger partial charge in [0.25, 0.3) is 0 Å². The summed E-state index contributed by atoms with van der Waals surface area (Å²) in [5.41, 5.74) is 6.27. The number of anilines is 1. The van der Waals surface area contributed by atoms with Crippen molar-refractivity contribution in [3.63, 3.8) is 0 Å². The summed E-state index contributed by atoms with van der Waals surface area (Å²) in [6, 6.07) is 3.49. The van der Waals surface area contributed by atoms with Crippen LogP contribution in [0.2, 0.25) is 0 Å². The SMILES string of the molecule is NC(=O)c1ccnc(N2CCCC3(CCCNC3)C2)c1. The van der Waals surface area contributed by atoms with Crippen molar-refractivity contribution in [1.29, 1.82) is 0 Å². The van der Waals surface area contributed by atoms with E-state index in [2.05, 4.69) is 15.2 Å². The Kier molecular flexibility index (Phi) is 3.61. The molecule has 5 nitrogen and oxygen atoms in total. The highest BCUT2D eigenvalue weighted by Gasteiger charge is 2.36. The van der Waals surface area contributed by atoms with Gasteiger partial charge in [-0.05, 0) is 44.4 Å². The van der Waals surface area contributed by atoms with E-state index in [1.54, 1.807) is 12.3 Å². The summed E-state index contributed by atoms with van der Waals surface area (Å²) < 4.78 is 0. The first-order valence-corrected chi connectivity index (χ1v) is 7.40. The summed E-state index contributed by atoms with van der Waals surface area (Å²) in [6.45, 7) is 4.27. The zero-order valence-electron chi connectivity index (χ0n) is 11.8. The van der Waals surface area contributed by atoms with Crippen LogP contribution >= 0.6 is 0 Å². The third-order valence-electron chi connectivity index (χ3n) is 4.58. The molecule has 1 atom stereocenters. The zero-order valence-corrected chi connectivity index (χ0v) is 11.8. The number of carbonyl (C=O) groups is 1. The van der Waals surface area contributed by atoms with E-state index in [4.69, 9.17) is 5.73 Å². The lowest BCUT2D eigenvalue weighted by atomic mass is 9.74. The van der Waals surface area contributed by atoms with Gasteiger partial charge < -0.3 is 16.0 Å². The van der Waals surface area contributed by atoms with E-state index >= 15 is 0 Å².